The van der Waals surface area contributed by atoms with Crippen molar-refractivity contribution in [2.24, 2.45) is 11.8 Å². The zero-order chi connectivity index (χ0) is 26.1. The molecule has 1 aliphatic heterocycles. The van der Waals surface area contributed by atoms with Crippen LogP contribution >= 0.6 is 0 Å². The predicted molar refractivity (Wildman–Crippen MR) is 123 cm³/mol. The molecule has 2 rings (SSSR count). The molecule has 0 aliphatic carbocycles. The molecule has 1 amide bonds. The Morgan fingerprint density at radius 2 is 2.00 bits per heavy atom. The fraction of sp³-hybridized carbons (Fsp3) is 0.625. The first kappa shape index (κ1) is 27.9. The summed E-state index contributed by atoms with van der Waals surface area (Å²) >= 11 is 0. The summed E-state index contributed by atoms with van der Waals surface area (Å²) in [7, 11) is 1.31. The van der Waals surface area contributed by atoms with Gasteiger partial charge in [-0.1, -0.05) is 33.6 Å². The van der Waals surface area contributed by atoms with E-state index in [1.54, 1.807) is 0 Å². The van der Waals surface area contributed by atoms with E-state index in [1.165, 1.54) is 26.3 Å². The summed E-state index contributed by atoms with van der Waals surface area (Å²) in [6, 6.07) is -0.0145. The number of esters is 3. The maximum atomic E-state index is 13.0. The van der Waals surface area contributed by atoms with E-state index < -0.39 is 60.3 Å². The number of unbranched alkanes of at least 4 members (excludes halogenated alkanes) is 1. The van der Waals surface area contributed by atoms with E-state index in [-0.39, 0.29) is 23.8 Å². The molecular formula is C24H34N2O9. The minimum atomic E-state index is -1.38. The fourth-order valence-electron chi connectivity index (χ4n) is 3.65. The third-order valence-corrected chi connectivity index (χ3v) is 5.48. The quantitative estimate of drug-likeness (QED) is 0.386. The van der Waals surface area contributed by atoms with E-state index in [2.05, 4.69) is 10.3 Å². The van der Waals surface area contributed by atoms with E-state index in [1.807, 2.05) is 20.8 Å². The largest absolute Gasteiger partial charge is 0.503 e. The molecule has 0 bridgehead atoms. The van der Waals surface area contributed by atoms with Gasteiger partial charge < -0.3 is 29.4 Å². The maximum absolute atomic E-state index is 13.0. The summed E-state index contributed by atoms with van der Waals surface area (Å²) in [5.41, 5.74) is -0.377. The molecular weight excluding hydrogens is 460 g/mol. The molecule has 0 saturated carbocycles. The highest BCUT2D eigenvalue weighted by Crippen LogP contribution is 2.28. The molecule has 2 N–H and O–H groups in total. The van der Waals surface area contributed by atoms with Crippen molar-refractivity contribution in [3.8, 4) is 11.5 Å². The van der Waals surface area contributed by atoms with E-state index >= 15 is 0 Å². The lowest BCUT2D eigenvalue weighted by molar-refractivity contribution is -0.175. The van der Waals surface area contributed by atoms with Crippen LogP contribution in [0.1, 0.15) is 63.9 Å². The van der Waals surface area contributed by atoms with Gasteiger partial charge in [0.05, 0.1) is 13.0 Å². The molecule has 1 saturated heterocycles. The highest BCUT2D eigenvalue weighted by Gasteiger charge is 2.41. The molecule has 1 aromatic heterocycles. The summed E-state index contributed by atoms with van der Waals surface area (Å²) in [6.45, 7) is 6.70. The van der Waals surface area contributed by atoms with Crippen LogP contribution < -0.4 is 10.1 Å². The second-order valence-electron chi connectivity index (χ2n) is 8.81. The number of pyridine rings is 1. The summed E-state index contributed by atoms with van der Waals surface area (Å²) in [5.74, 6) is -4.24. The number of rotatable bonds is 9. The molecule has 2 heterocycles. The van der Waals surface area contributed by atoms with Crippen LogP contribution in [-0.2, 0) is 28.6 Å². The fourth-order valence-corrected chi connectivity index (χ4v) is 3.65. The number of hydrogen-bond donors (Lipinski definition) is 2. The number of aromatic nitrogens is 1. The van der Waals surface area contributed by atoms with E-state index in [9.17, 15) is 24.3 Å². The van der Waals surface area contributed by atoms with E-state index in [4.69, 9.17) is 18.9 Å². The molecule has 1 fully saturated rings. The molecule has 0 spiro atoms. The molecule has 0 radical (unpaired) electrons. The number of carbonyl (C=O) groups is 4. The second kappa shape index (κ2) is 12.9. The van der Waals surface area contributed by atoms with E-state index in [0.29, 0.717) is 12.8 Å². The Morgan fingerprint density at radius 1 is 1.29 bits per heavy atom. The van der Waals surface area contributed by atoms with Crippen molar-refractivity contribution in [3.63, 3.8) is 0 Å². The smallest absolute Gasteiger partial charge is 0.332 e. The zero-order valence-corrected chi connectivity index (χ0v) is 20.7. The van der Waals surface area contributed by atoms with Crippen LogP contribution in [0.15, 0.2) is 12.3 Å². The second-order valence-corrected chi connectivity index (χ2v) is 8.81. The maximum Gasteiger partial charge on any atom is 0.332 e. The first-order valence-electron chi connectivity index (χ1n) is 11.7. The van der Waals surface area contributed by atoms with Crippen LogP contribution in [0.3, 0.4) is 0 Å². The number of methoxy groups -OCH3 is 1. The normalized spacial score (nSPS) is 22.8. The monoisotopic (exact) mass is 494 g/mol. The lowest BCUT2D eigenvalue weighted by Gasteiger charge is -2.29. The first-order valence-corrected chi connectivity index (χ1v) is 11.7. The van der Waals surface area contributed by atoms with Crippen molar-refractivity contribution in [2.45, 2.75) is 71.6 Å². The average molecular weight is 495 g/mol. The van der Waals surface area contributed by atoms with Gasteiger partial charge in [-0.05, 0) is 19.3 Å². The Bertz CT molecular complexity index is 918. The van der Waals surface area contributed by atoms with Crippen LogP contribution in [-0.4, -0.2) is 65.9 Å². The Morgan fingerprint density at radius 3 is 2.63 bits per heavy atom. The van der Waals surface area contributed by atoms with Gasteiger partial charge in [0.2, 0.25) is 0 Å². The molecule has 35 heavy (non-hydrogen) atoms. The number of aromatic hydroxyl groups is 1. The SMILES string of the molecule is CCCC[C@H]1C(=O)OC[C@H](NC(=O)c2nccc(OC)c2O)C(=O)O[C@@H](C)[C@@H]1OC(=O)CC(C)C. The topological polar surface area (TPSA) is 150 Å². The van der Waals surface area contributed by atoms with E-state index in [0.717, 1.165) is 6.42 Å². The van der Waals surface area contributed by atoms with Gasteiger partial charge in [0.25, 0.3) is 5.91 Å². The molecule has 0 unspecified atom stereocenters. The summed E-state index contributed by atoms with van der Waals surface area (Å²) in [4.78, 5) is 54.8. The highest BCUT2D eigenvalue weighted by molar-refractivity contribution is 5.98. The molecule has 194 valence electrons. The van der Waals surface area contributed by atoms with Crippen LogP contribution in [0.25, 0.3) is 0 Å². The Labute approximate surface area is 204 Å². The number of cyclic esters (lactones) is 2. The summed E-state index contributed by atoms with van der Waals surface area (Å²) in [5, 5.41) is 12.6. The molecule has 4 atom stereocenters. The molecule has 1 aliphatic rings. The van der Waals surface area contributed by atoms with Crippen molar-refractivity contribution in [3.05, 3.63) is 18.0 Å². The first-order chi connectivity index (χ1) is 16.6. The van der Waals surface area contributed by atoms with Gasteiger partial charge in [0.15, 0.2) is 29.3 Å². The molecule has 1 aromatic rings. The van der Waals surface area contributed by atoms with Crippen LogP contribution in [0.2, 0.25) is 0 Å². The van der Waals surface area contributed by atoms with Crippen molar-refractivity contribution in [1.29, 1.82) is 0 Å². The number of carbonyl (C=O) groups excluding carboxylic acids is 4. The van der Waals surface area contributed by atoms with Crippen molar-refractivity contribution in [2.75, 3.05) is 13.7 Å². The third kappa shape index (κ3) is 7.56. The average Bonchev–Trinajstić information content (AvgIpc) is 2.83. The van der Waals surface area contributed by atoms with Crippen molar-refractivity contribution >= 4 is 23.8 Å². The Balaban J connectivity index is 2.26. The standard InChI is InChI=1S/C24H34N2O9/c1-6-7-8-15-21(35-18(27)11-13(2)3)14(4)34-24(31)16(12-33-23(15)30)26-22(29)19-20(28)17(32-5)9-10-25-19/h9-10,13-16,21,28H,6-8,11-12H2,1-5H3,(H,26,29)/t14-,15+,16-,21-/m0/s1. The van der Waals surface area contributed by atoms with Crippen LogP contribution in [0, 0.1) is 11.8 Å². The van der Waals surface area contributed by atoms with Gasteiger partial charge in [-0.3, -0.25) is 14.4 Å². The van der Waals surface area contributed by atoms with Crippen molar-refractivity contribution in [1.82, 2.24) is 10.3 Å². The van der Waals surface area contributed by atoms with Gasteiger partial charge >= 0.3 is 17.9 Å². The number of amides is 1. The predicted octanol–water partition coefficient (Wildman–Crippen LogP) is 2.15. The summed E-state index contributed by atoms with van der Waals surface area (Å²) in [6.07, 6.45) is 1.21. The third-order valence-electron chi connectivity index (χ3n) is 5.48. The van der Waals surface area contributed by atoms with Gasteiger partial charge in [0, 0.05) is 18.7 Å². The van der Waals surface area contributed by atoms with Gasteiger partial charge in [-0.25, -0.2) is 9.78 Å². The highest BCUT2D eigenvalue weighted by atomic mass is 16.6. The van der Waals surface area contributed by atoms with Crippen molar-refractivity contribution < 1.29 is 43.2 Å². The zero-order valence-electron chi connectivity index (χ0n) is 20.7. The lowest BCUT2D eigenvalue weighted by Crippen LogP contribution is -2.46. The number of nitrogens with zero attached hydrogens (tertiary/aromatic N) is 1. The minimum Gasteiger partial charge on any atom is -0.503 e. The van der Waals surface area contributed by atoms with Crippen LogP contribution in [0.4, 0.5) is 0 Å². The molecule has 11 heteroatoms. The lowest BCUT2D eigenvalue weighted by atomic mass is 9.92. The Kier molecular flexibility index (Phi) is 10.3. The molecule has 11 nitrogen and oxygen atoms in total. The number of nitrogens with one attached hydrogen (secondary N) is 1. The Hall–Kier alpha value is -3.37. The number of hydrogen-bond acceptors (Lipinski definition) is 10. The summed E-state index contributed by atoms with van der Waals surface area (Å²) < 4.78 is 21.4. The van der Waals surface area contributed by atoms with Gasteiger partial charge in [-0.15, -0.1) is 0 Å². The molecule has 0 aromatic carbocycles. The van der Waals surface area contributed by atoms with Gasteiger partial charge in [0.1, 0.15) is 12.7 Å². The minimum absolute atomic E-state index is 0.0204. The number of ether oxygens (including phenoxy) is 4. The van der Waals surface area contributed by atoms with Gasteiger partial charge in [-0.2, -0.15) is 0 Å². The van der Waals surface area contributed by atoms with Crippen LogP contribution in [0.5, 0.6) is 11.5 Å².